The number of benzene rings is 3. The molecule has 42 heavy (non-hydrogen) atoms. The van der Waals surface area contributed by atoms with Gasteiger partial charge in [0.25, 0.3) is 0 Å². The van der Waals surface area contributed by atoms with Gasteiger partial charge in [0.15, 0.2) is 11.6 Å². The van der Waals surface area contributed by atoms with Crippen molar-refractivity contribution < 1.29 is 26.8 Å². The van der Waals surface area contributed by atoms with Gasteiger partial charge in [-0.25, -0.2) is 17.2 Å². The second kappa shape index (κ2) is 15.2. The van der Waals surface area contributed by atoms with Gasteiger partial charge in [-0.05, 0) is 55.2 Å². The number of halogens is 3. The lowest BCUT2D eigenvalue weighted by Crippen LogP contribution is -2.52. The fourth-order valence-electron chi connectivity index (χ4n) is 4.43. The van der Waals surface area contributed by atoms with Gasteiger partial charge in [-0.1, -0.05) is 65.3 Å². The summed E-state index contributed by atoms with van der Waals surface area (Å²) in [6, 6.07) is 18.8. The molecule has 0 unspecified atom stereocenters. The van der Waals surface area contributed by atoms with Crippen LogP contribution in [-0.4, -0.2) is 50.0 Å². The molecule has 3 aromatic carbocycles. The van der Waals surface area contributed by atoms with E-state index in [2.05, 4.69) is 21.2 Å². The van der Waals surface area contributed by atoms with Crippen molar-refractivity contribution in [2.45, 2.75) is 58.2 Å². The predicted molar refractivity (Wildman–Crippen MR) is 164 cm³/mol. The Hall–Kier alpha value is -3.31. The summed E-state index contributed by atoms with van der Waals surface area (Å²) < 4.78 is 54.2. The first kappa shape index (κ1) is 33.2. The van der Waals surface area contributed by atoms with Crippen LogP contribution in [0.1, 0.15) is 44.2 Å². The van der Waals surface area contributed by atoms with E-state index in [1.165, 1.54) is 11.0 Å². The molecule has 3 aromatic rings. The van der Waals surface area contributed by atoms with E-state index in [1.807, 2.05) is 68.4 Å². The molecule has 3 rings (SSSR count). The van der Waals surface area contributed by atoms with Crippen molar-refractivity contribution in [2.75, 3.05) is 17.1 Å². The molecule has 1 N–H and O–H groups in total. The van der Waals surface area contributed by atoms with Gasteiger partial charge in [-0.2, -0.15) is 0 Å². The topological polar surface area (TPSA) is 86.8 Å². The summed E-state index contributed by atoms with van der Waals surface area (Å²) in [4.78, 5) is 29.0. The normalized spacial score (nSPS) is 12.8. The van der Waals surface area contributed by atoms with Gasteiger partial charge in [-0.15, -0.1) is 0 Å². The lowest BCUT2D eigenvalue weighted by molar-refractivity contribution is -0.141. The highest BCUT2D eigenvalue weighted by atomic mass is 79.9. The summed E-state index contributed by atoms with van der Waals surface area (Å²) in [5.41, 5.74) is 1.67. The highest BCUT2D eigenvalue weighted by Gasteiger charge is 2.31. The van der Waals surface area contributed by atoms with Gasteiger partial charge in [0, 0.05) is 42.5 Å². The van der Waals surface area contributed by atoms with Crippen molar-refractivity contribution in [3.63, 3.8) is 0 Å². The molecule has 0 fully saturated rings. The Morgan fingerprint density at radius 2 is 1.62 bits per heavy atom. The van der Waals surface area contributed by atoms with Gasteiger partial charge >= 0.3 is 0 Å². The molecule has 0 aliphatic rings. The first-order valence-electron chi connectivity index (χ1n) is 13.7. The van der Waals surface area contributed by atoms with Crippen LogP contribution in [0.2, 0.25) is 0 Å². The number of carbonyl (C=O) groups excluding carboxylic acids is 2. The van der Waals surface area contributed by atoms with Crippen LogP contribution in [0.3, 0.4) is 0 Å². The number of rotatable bonds is 14. The molecule has 2 amide bonds. The second-order valence-electron chi connectivity index (χ2n) is 10.2. The quantitative estimate of drug-likeness (QED) is 0.235. The molecular formula is C31H36BrF2N3O4S. The molecule has 0 aromatic heterocycles. The number of carbonyl (C=O) groups is 2. The zero-order chi connectivity index (χ0) is 30.9. The molecule has 11 heteroatoms. The minimum atomic E-state index is -3.85. The molecular weight excluding hydrogens is 628 g/mol. The lowest BCUT2D eigenvalue weighted by Gasteiger charge is -2.32. The van der Waals surface area contributed by atoms with E-state index in [0.29, 0.717) is 0 Å². The predicted octanol–water partition coefficient (Wildman–Crippen LogP) is 5.83. The van der Waals surface area contributed by atoms with E-state index >= 15 is 0 Å². The first-order valence-corrected chi connectivity index (χ1v) is 16.3. The zero-order valence-corrected chi connectivity index (χ0v) is 26.3. The van der Waals surface area contributed by atoms with E-state index < -0.39 is 27.7 Å². The van der Waals surface area contributed by atoms with Gasteiger partial charge in [0.2, 0.25) is 21.8 Å². The molecule has 0 saturated carbocycles. The molecule has 2 atom stereocenters. The third kappa shape index (κ3) is 9.62. The van der Waals surface area contributed by atoms with Crippen LogP contribution in [0.25, 0.3) is 0 Å². The third-order valence-electron chi connectivity index (χ3n) is 6.88. The molecule has 0 heterocycles. The van der Waals surface area contributed by atoms with E-state index in [4.69, 9.17) is 0 Å². The maximum atomic E-state index is 13.9. The first-order chi connectivity index (χ1) is 19.9. The summed E-state index contributed by atoms with van der Waals surface area (Å²) in [7, 11) is -3.85. The Morgan fingerprint density at radius 3 is 2.21 bits per heavy atom. The Kier molecular flexibility index (Phi) is 12.0. The molecule has 0 bridgehead atoms. The van der Waals surface area contributed by atoms with E-state index in [1.54, 1.807) is 0 Å². The van der Waals surface area contributed by atoms with E-state index in [9.17, 15) is 26.8 Å². The van der Waals surface area contributed by atoms with Crippen LogP contribution in [0.5, 0.6) is 0 Å². The average Bonchev–Trinajstić information content (AvgIpc) is 2.95. The van der Waals surface area contributed by atoms with Crippen LogP contribution < -0.4 is 9.62 Å². The van der Waals surface area contributed by atoms with Crippen LogP contribution in [0.15, 0.2) is 77.3 Å². The van der Waals surface area contributed by atoms with Gasteiger partial charge in [0.05, 0.1) is 11.9 Å². The third-order valence-corrected chi connectivity index (χ3v) is 8.60. The van der Waals surface area contributed by atoms with Gasteiger partial charge in [0.1, 0.15) is 6.04 Å². The van der Waals surface area contributed by atoms with Crippen molar-refractivity contribution in [1.29, 1.82) is 0 Å². The second-order valence-corrected chi connectivity index (χ2v) is 13.0. The van der Waals surface area contributed by atoms with Crippen LogP contribution in [0, 0.1) is 11.6 Å². The number of hydrogen-bond donors (Lipinski definition) is 1. The fraction of sp³-hybridized carbons (Fsp3) is 0.355. The molecule has 0 aliphatic heterocycles. The summed E-state index contributed by atoms with van der Waals surface area (Å²) in [6.45, 7) is 3.89. The van der Waals surface area contributed by atoms with Crippen molar-refractivity contribution in [2.24, 2.45) is 0 Å². The minimum absolute atomic E-state index is 0.0366. The average molecular weight is 665 g/mol. The number of anilines is 1. The Morgan fingerprint density at radius 1 is 0.952 bits per heavy atom. The molecule has 226 valence electrons. The van der Waals surface area contributed by atoms with Gasteiger partial charge < -0.3 is 10.2 Å². The number of amides is 2. The molecule has 0 aliphatic carbocycles. The Bertz CT molecular complexity index is 1460. The standard InChI is InChI=1S/C31H36BrF2N3O4S/c1-4-22(2)35-31(39)29(19-23-9-6-5-7-10-23)36(21-24-12-14-25(32)15-13-24)30(38)11-8-18-37(42(3,40)41)26-16-17-27(33)28(34)20-26/h5-7,9-10,12-17,20,22,29H,4,8,11,18-19,21H2,1-3H3,(H,35,39)/t22-,29-/m1/s1. The number of nitrogens with one attached hydrogen (secondary N) is 1. The van der Waals surface area contributed by atoms with Crippen molar-refractivity contribution in [3.8, 4) is 0 Å². The minimum Gasteiger partial charge on any atom is -0.352 e. The van der Waals surface area contributed by atoms with Crippen molar-refractivity contribution >= 4 is 43.5 Å². The van der Waals surface area contributed by atoms with Crippen molar-refractivity contribution in [1.82, 2.24) is 10.2 Å². The maximum absolute atomic E-state index is 13.9. The number of nitrogens with zero attached hydrogens (tertiary/aromatic N) is 2. The summed E-state index contributed by atoms with van der Waals surface area (Å²) in [6.07, 6.45) is 1.98. The van der Waals surface area contributed by atoms with Crippen LogP contribution in [-0.2, 0) is 32.6 Å². The highest BCUT2D eigenvalue weighted by Crippen LogP contribution is 2.22. The number of sulfonamides is 1. The fourth-order valence-corrected chi connectivity index (χ4v) is 5.65. The van der Waals surface area contributed by atoms with Gasteiger partial charge in [-0.3, -0.25) is 13.9 Å². The lowest BCUT2D eigenvalue weighted by atomic mass is 10.0. The molecule has 0 spiro atoms. The molecule has 0 saturated heterocycles. The smallest absolute Gasteiger partial charge is 0.243 e. The highest BCUT2D eigenvalue weighted by molar-refractivity contribution is 9.10. The van der Waals surface area contributed by atoms with Crippen molar-refractivity contribution in [3.05, 3.63) is 100 Å². The monoisotopic (exact) mass is 663 g/mol. The summed E-state index contributed by atoms with van der Waals surface area (Å²) >= 11 is 3.42. The number of hydrogen-bond acceptors (Lipinski definition) is 4. The van der Waals surface area contributed by atoms with Crippen LogP contribution in [0.4, 0.5) is 14.5 Å². The Labute approximate surface area is 255 Å². The van der Waals surface area contributed by atoms with Crippen LogP contribution >= 0.6 is 15.9 Å². The SMILES string of the molecule is CC[C@@H](C)NC(=O)[C@@H](Cc1ccccc1)N(Cc1ccc(Br)cc1)C(=O)CCCN(c1ccc(F)c(F)c1)S(C)(=O)=O. The summed E-state index contributed by atoms with van der Waals surface area (Å²) in [5.74, 6) is -2.88. The zero-order valence-electron chi connectivity index (χ0n) is 23.9. The Balaban J connectivity index is 1.89. The maximum Gasteiger partial charge on any atom is 0.243 e. The molecule has 0 radical (unpaired) electrons. The largest absolute Gasteiger partial charge is 0.352 e. The summed E-state index contributed by atoms with van der Waals surface area (Å²) in [5, 5.41) is 3.01. The van der Waals surface area contributed by atoms with E-state index in [0.717, 1.165) is 44.7 Å². The molecule has 7 nitrogen and oxygen atoms in total. The van der Waals surface area contributed by atoms with E-state index in [-0.39, 0.29) is 55.9 Å².